The summed E-state index contributed by atoms with van der Waals surface area (Å²) in [7, 11) is -2.29. The van der Waals surface area contributed by atoms with Gasteiger partial charge in [-0.1, -0.05) is 86.0 Å². The molecule has 1 nitrogen and oxygen atoms in total. The minimum atomic E-state index is -1.14. The van der Waals surface area contributed by atoms with E-state index >= 15 is 0 Å². The van der Waals surface area contributed by atoms with Crippen LogP contribution in [-0.2, 0) is 0 Å². The van der Waals surface area contributed by atoms with Crippen LogP contribution in [0.3, 0.4) is 0 Å². The average Bonchev–Trinajstić information content (AvgIpc) is 2.88. The van der Waals surface area contributed by atoms with Gasteiger partial charge >= 0.3 is 0 Å². The molecule has 0 amide bonds. The zero-order valence-corrected chi connectivity index (χ0v) is 19.1. The number of hydrogen-bond acceptors (Lipinski definition) is 1. The Morgan fingerprint density at radius 2 is 0.870 bits per heavy atom. The van der Waals surface area contributed by atoms with Crippen LogP contribution in [0.5, 0.6) is 0 Å². The lowest BCUT2D eigenvalue weighted by Crippen LogP contribution is -2.60. The molecular formula is C20H45NSi2. The van der Waals surface area contributed by atoms with Crippen molar-refractivity contribution in [2.75, 3.05) is 6.54 Å². The molecule has 0 bridgehead atoms. The quantitative estimate of drug-likeness (QED) is 0.311. The molecule has 0 aromatic carbocycles. The fourth-order valence-electron chi connectivity index (χ4n) is 5.22. The molecule has 1 heterocycles. The summed E-state index contributed by atoms with van der Waals surface area (Å²) in [5.41, 5.74) is 0. The largest absolute Gasteiger partial charge is 0.345 e. The first-order chi connectivity index (χ1) is 11.1. The van der Waals surface area contributed by atoms with Crippen molar-refractivity contribution in [3.05, 3.63) is 0 Å². The highest BCUT2D eigenvalue weighted by Crippen LogP contribution is 2.47. The van der Waals surface area contributed by atoms with E-state index in [2.05, 4.69) is 38.8 Å². The lowest BCUT2D eigenvalue weighted by molar-refractivity contribution is 0.603. The molecule has 1 aliphatic rings. The molecule has 0 atom stereocenters. The number of unbranched alkanes of at least 4 members (excludes halogenated alkanes) is 4. The smallest absolute Gasteiger partial charge is 0.121 e. The molecule has 1 rings (SSSR count). The Hall–Kier alpha value is 0.394. The molecule has 3 heteroatoms. The molecule has 0 saturated carbocycles. The molecule has 23 heavy (non-hydrogen) atoms. The Morgan fingerprint density at radius 3 is 1.09 bits per heavy atom. The minimum Gasteiger partial charge on any atom is -0.345 e. The van der Waals surface area contributed by atoms with Gasteiger partial charge in [-0.25, -0.2) is 0 Å². The Kier molecular flexibility index (Phi) is 10.3. The third-order valence-electron chi connectivity index (χ3n) is 6.50. The van der Waals surface area contributed by atoms with Crippen LogP contribution in [0.1, 0.15) is 86.0 Å². The summed E-state index contributed by atoms with van der Waals surface area (Å²) in [5.74, 6) is 0. The number of rotatable bonds is 13. The van der Waals surface area contributed by atoms with Crippen molar-refractivity contribution in [3.63, 3.8) is 0 Å². The predicted molar refractivity (Wildman–Crippen MR) is 112 cm³/mol. The van der Waals surface area contributed by atoms with Gasteiger partial charge in [-0.3, -0.25) is 0 Å². The highest BCUT2D eigenvalue weighted by Gasteiger charge is 2.54. The zero-order chi connectivity index (χ0) is 17.2. The van der Waals surface area contributed by atoms with Crippen LogP contribution in [0.4, 0.5) is 0 Å². The van der Waals surface area contributed by atoms with E-state index in [0.29, 0.717) is 0 Å². The third kappa shape index (κ3) is 5.44. The first-order valence-electron chi connectivity index (χ1n) is 10.9. The lowest BCUT2D eigenvalue weighted by atomic mass is 10.4. The Bertz CT molecular complexity index is 262. The second-order valence-electron chi connectivity index (χ2n) is 8.11. The molecule has 0 unspecified atom stereocenters. The summed E-state index contributed by atoms with van der Waals surface area (Å²) < 4.78 is 3.32. The summed E-state index contributed by atoms with van der Waals surface area (Å²) in [4.78, 5) is 0. The van der Waals surface area contributed by atoms with Crippen molar-refractivity contribution in [1.82, 2.24) is 4.23 Å². The first kappa shape index (κ1) is 21.4. The van der Waals surface area contributed by atoms with Crippen LogP contribution in [-0.4, -0.2) is 27.2 Å². The summed E-state index contributed by atoms with van der Waals surface area (Å²) in [6.07, 6.45) is 11.6. The summed E-state index contributed by atoms with van der Waals surface area (Å²) in [5, 5.41) is 0. The lowest BCUT2D eigenvalue weighted by Gasteiger charge is -2.46. The maximum Gasteiger partial charge on any atom is 0.121 e. The van der Waals surface area contributed by atoms with Crippen molar-refractivity contribution in [1.29, 1.82) is 0 Å². The van der Waals surface area contributed by atoms with Crippen LogP contribution in [0.2, 0.25) is 36.3 Å². The fraction of sp³-hybridized carbons (Fsp3) is 1.00. The molecule has 0 spiro atoms. The van der Waals surface area contributed by atoms with Crippen LogP contribution in [0.15, 0.2) is 0 Å². The molecule has 1 aliphatic heterocycles. The van der Waals surface area contributed by atoms with Crippen LogP contribution >= 0.6 is 0 Å². The van der Waals surface area contributed by atoms with Gasteiger partial charge in [0.15, 0.2) is 0 Å². The zero-order valence-electron chi connectivity index (χ0n) is 17.1. The maximum absolute atomic E-state index is 3.32. The molecule has 0 aromatic heterocycles. The second-order valence-corrected chi connectivity index (χ2v) is 17.5. The Balaban J connectivity index is 3.01. The fourth-order valence-corrected chi connectivity index (χ4v) is 23.5. The molecule has 0 N–H and O–H groups in total. The minimum absolute atomic E-state index is 1.14. The molecule has 0 radical (unpaired) electrons. The van der Waals surface area contributed by atoms with E-state index in [0.717, 1.165) is 0 Å². The van der Waals surface area contributed by atoms with Crippen molar-refractivity contribution < 1.29 is 0 Å². The molecule has 0 aromatic rings. The monoisotopic (exact) mass is 355 g/mol. The van der Waals surface area contributed by atoms with E-state index in [4.69, 9.17) is 0 Å². The first-order valence-corrected chi connectivity index (χ1v) is 16.1. The van der Waals surface area contributed by atoms with Gasteiger partial charge in [0.25, 0.3) is 0 Å². The van der Waals surface area contributed by atoms with Gasteiger partial charge in [0, 0.05) is 0 Å². The second kappa shape index (κ2) is 11.1. The topological polar surface area (TPSA) is 3.24 Å². The van der Waals surface area contributed by atoms with Gasteiger partial charge in [0.05, 0.1) is 0 Å². The van der Waals surface area contributed by atoms with E-state index in [1.807, 2.05) is 0 Å². The van der Waals surface area contributed by atoms with Crippen LogP contribution < -0.4 is 0 Å². The molecular weight excluding hydrogens is 310 g/mol. The van der Waals surface area contributed by atoms with E-state index in [1.165, 1.54) is 57.9 Å². The number of nitrogens with zero attached hydrogens (tertiary/aromatic N) is 1. The van der Waals surface area contributed by atoms with Crippen molar-refractivity contribution in [2.45, 2.75) is 122 Å². The predicted octanol–water partition coefficient (Wildman–Crippen LogP) is 7.41. The molecule has 1 saturated heterocycles. The Morgan fingerprint density at radius 1 is 0.565 bits per heavy atom. The van der Waals surface area contributed by atoms with Crippen molar-refractivity contribution in [3.8, 4) is 0 Å². The molecule has 0 aliphatic carbocycles. The Labute approximate surface area is 149 Å². The highest BCUT2D eigenvalue weighted by molar-refractivity contribution is 6.97. The maximum atomic E-state index is 3.32. The van der Waals surface area contributed by atoms with E-state index in [9.17, 15) is 0 Å². The average molecular weight is 356 g/mol. The van der Waals surface area contributed by atoms with E-state index in [1.54, 1.807) is 36.3 Å². The van der Waals surface area contributed by atoms with E-state index in [-0.39, 0.29) is 0 Å². The summed E-state index contributed by atoms with van der Waals surface area (Å²) in [6.45, 7) is 13.5. The highest BCUT2D eigenvalue weighted by atomic mass is 28.4. The number of hydrogen-bond donors (Lipinski definition) is 0. The third-order valence-corrected chi connectivity index (χ3v) is 20.3. The van der Waals surface area contributed by atoms with Gasteiger partial charge in [0.2, 0.25) is 0 Å². The van der Waals surface area contributed by atoms with Gasteiger partial charge in [-0.2, -0.15) is 0 Å². The van der Waals surface area contributed by atoms with Crippen LogP contribution in [0, 0.1) is 0 Å². The van der Waals surface area contributed by atoms with E-state index < -0.39 is 16.5 Å². The van der Waals surface area contributed by atoms with Gasteiger partial charge in [-0.15, -0.1) is 0 Å². The standard InChI is InChI=1S/C20H45NSi2/c1-6-11-15-22(16-12-7-2)19-20-23(17-13-8-3,18-14-9-4)21(22)10-5/h6-20H2,1-5H3. The molecule has 1 fully saturated rings. The van der Waals surface area contributed by atoms with Crippen molar-refractivity contribution in [2.24, 2.45) is 0 Å². The van der Waals surface area contributed by atoms with Gasteiger partial charge < -0.3 is 4.23 Å². The normalized spacial score (nSPS) is 20.2. The summed E-state index contributed by atoms with van der Waals surface area (Å²) in [6, 6.07) is 9.80. The SMILES string of the molecule is CCCC[Si]1(CCCC)CC[Si](CCCC)(CCCC)N1CC. The summed E-state index contributed by atoms with van der Waals surface area (Å²) >= 11 is 0. The van der Waals surface area contributed by atoms with Crippen LogP contribution in [0.25, 0.3) is 0 Å². The van der Waals surface area contributed by atoms with Crippen molar-refractivity contribution >= 4 is 16.5 Å². The van der Waals surface area contributed by atoms with Gasteiger partial charge in [-0.05, 0) is 42.8 Å². The van der Waals surface area contributed by atoms with Gasteiger partial charge in [0.1, 0.15) is 16.5 Å². The molecule has 138 valence electrons.